The Bertz CT molecular complexity index is 697. The molecule has 2 aromatic carbocycles. The highest BCUT2D eigenvalue weighted by Crippen LogP contribution is 2.20. The zero-order valence-electron chi connectivity index (χ0n) is 10.2. The molecule has 0 saturated heterocycles. The molecule has 0 radical (unpaired) electrons. The molecular formula is C16H14FN. The topological polar surface area (TPSA) is 4.93 Å². The fourth-order valence-corrected chi connectivity index (χ4v) is 2.38. The molecule has 0 aliphatic carbocycles. The van der Waals surface area contributed by atoms with E-state index in [2.05, 4.69) is 29.7 Å². The second-order valence-corrected chi connectivity index (χ2v) is 4.56. The third kappa shape index (κ3) is 1.90. The molecule has 0 N–H and O–H groups in total. The van der Waals surface area contributed by atoms with Crippen LogP contribution in [0.25, 0.3) is 10.9 Å². The molecule has 0 spiro atoms. The van der Waals surface area contributed by atoms with Gasteiger partial charge in [-0.3, -0.25) is 0 Å². The monoisotopic (exact) mass is 239 g/mol. The fourth-order valence-electron chi connectivity index (χ4n) is 2.38. The van der Waals surface area contributed by atoms with E-state index in [1.807, 2.05) is 18.2 Å². The van der Waals surface area contributed by atoms with Crippen molar-refractivity contribution >= 4 is 10.9 Å². The standard InChI is InChI=1S/C16H14FN/c1-12-9-14-6-2-3-8-16(14)18(12)11-13-5-4-7-15(17)10-13/h2-10H,11H2,1H3. The van der Waals surface area contributed by atoms with E-state index in [1.165, 1.54) is 22.7 Å². The maximum atomic E-state index is 13.2. The first-order chi connectivity index (χ1) is 8.74. The van der Waals surface area contributed by atoms with E-state index in [0.717, 1.165) is 5.56 Å². The lowest BCUT2D eigenvalue weighted by atomic mass is 10.2. The number of benzene rings is 2. The number of para-hydroxylation sites is 1. The van der Waals surface area contributed by atoms with Crippen LogP contribution in [-0.2, 0) is 6.54 Å². The number of nitrogens with zero attached hydrogens (tertiary/aromatic N) is 1. The van der Waals surface area contributed by atoms with Crippen LogP contribution in [0.15, 0.2) is 54.6 Å². The van der Waals surface area contributed by atoms with Crippen molar-refractivity contribution < 1.29 is 4.39 Å². The number of rotatable bonds is 2. The van der Waals surface area contributed by atoms with Crippen molar-refractivity contribution in [2.45, 2.75) is 13.5 Å². The van der Waals surface area contributed by atoms with Crippen LogP contribution in [0.1, 0.15) is 11.3 Å². The molecule has 0 aliphatic rings. The minimum absolute atomic E-state index is 0.179. The fraction of sp³-hybridized carbons (Fsp3) is 0.125. The average Bonchev–Trinajstić information content (AvgIpc) is 2.66. The minimum Gasteiger partial charge on any atom is -0.340 e. The van der Waals surface area contributed by atoms with E-state index < -0.39 is 0 Å². The Morgan fingerprint density at radius 1 is 1.00 bits per heavy atom. The van der Waals surface area contributed by atoms with Gasteiger partial charge in [0.05, 0.1) is 0 Å². The average molecular weight is 239 g/mol. The molecule has 1 heterocycles. The lowest BCUT2D eigenvalue weighted by Crippen LogP contribution is -2.01. The van der Waals surface area contributed by atoms with Gasteiger partial charge in [-0.25, -0.2) is 4.39 Å². The first kappa shape index (κ1) is 11.0. The zero-order valence-corrected chi connectivity index (χ0v) is 10.2. The van der Waals surface area contributed by atoms with Crippen LogP contribution in [0.2, 0.25) is 0 Å². The maximum absolute atomic E-state index is 13.2. The summed E-state index contributed by atoms with van der Waals surface area (Å²) < 4.78 is 15.4. The summed E-state index contributed by atoms with van der Waals surface area (Å²) in [5.41, 5.74) is 3.37. The summed E-state index contributed by atoms with van der Waals surface area (Å²) in [4.78, 5) is 0. The van der Waals surface area contributed by atoms with Crippen molar-refractivity contribution in [2.75, 3.05) is 0 Å². The molecule has 0 amide bonds. The number of hydrogen-bond donors (Lipinski definition) is 0. The van der Waals surface area contributed by atoms with Gasteiger partial charge in [-0.1, -0.05) is 30.3 Å². The van der Waals surface area contributed by atoms with Gasteiger partial charge in [-0.2, -0.15) is 0 Å². The SMILES string of the molecule is Cc1cc2ccccc2n1Cc1cccc(F)c1. The van der Waals surface area contributed by atoms with E-state index in [-0.39, 0.29) is 5.82 Å². The Balaban J connectivity index is 2.07. The largest absolute Gasteiger partial charge is 0.340 e. The molecule has 18 heavy (non-hydrogen) atoms. The molecule has 0 fully saturated rings. The Morgan fingerprint density at radius 3 is 2.67 bits per heavy atom. The third-order valence-electron chi connectivity index (χ3n) is 3.25. The normalized spacial score (nSPS) is 11.0. The third-order valence-corrected chi connectivity index (χ3v) is 3.25. The van der Waals surface area contributed by atoms with Crippen LogP contribution >= 0.6 is 0 Å². The van der Waals surface area contributed by atoms with Crippen molar-refractivity contribution in [2.24, 2.45) is 0 Å². The zero-order chi connectivity index (χ0) is 12.5. The summed E-state index contributed by atoms with van der Waals surface area (Å²) in [7, 11) is 0. The van der Waals surface area contributed by atoms with E-state index in [9.17, 15) is 4.39 Å². The highest BCUT2D eigenvalue weighted by Gasteiger charge is 2.05. The summed E-state index contributed by atoms with van der Waals surface area (Å²) in [6.07, 6.45) is 0. The van der Waals surface area contributed by atoms with Crippen molar-refractivity contribution in [3.05, 3.63) is 71.7 Å². The Morgan fingerprint density at radius 2 is 1.83 bits per heavy atom. The lowest BCUT2D eigenvalue weighted by molar-refractivity contribution is 0.623. The van der Waals surface area contributed by atoms with Gasteiger partial charge in [0.15, 0.2) is 0 Å². The molecule has 0 saturated carbocycles. The Hall–Kier alpha value is -2.09. The molecule has 0 bridgehead atoms. The predicted molar refractivity (Wildman–Crippen MR) is 72.2 cm³/mol. The highest BCUT2D eigenvalue weighted by molar-refractivity contribution is 5.81. The van der Waals surface area contributed by atoms with Crippen LogP contribution in [0.4, 0.5) is 4.39 Å². The number of hydrogen-bond acceptors (Lipinski definition) is 0. The number of aromatic nitrogens is 1. The van der Waals surface area contributed by atoms with Crippen LogP contribution in [0.3, 0.4) is 0 Å². The lowest BCUT2D eigenvalue weighted by Gasteiger charge is -2.08. The summed E-state index contributed by atoms with van der Waals surface area (Å²) >= 11 is 0. The van der Waals surface area contributed by atoms with Crippen LogP contribution in [0.5, 0.6) is 0 Å². The van der Waals surface area contributed by atoms with Gasteiger partial charge in [0.25, 0.3) is 0 Å². The molecule has 2 heteroatoms. The molecule has 3 rings (SSSR count). The van der Waals surface area contributed by atoms with Gasteiger partial charge in [-0.05, 0) is 42.1 Å². The van der Waals surface area contributed by atoms with Gasteiger partial charge in [0.1, 0.15) is 5.82 Å². The number of fused-ring (bicyclic) bond motifs is 1. The van der Waals surface area contributed by atoms with Gasteiger partial charge in [0, 0.05) is 17.8 Å². The van der Waals surface area contributed by atoms with Gasteiger partial charge in [-0.15, -0.1) is 0 Å². The molecule has 1 aromatic heterocycles. The molecule has 3 aromatic rings. The summed E-state index contributed by atoms with van der Waals surface area (Å²) in [5.74, 6) is -0.179. The molecule has 90 valence electrons. The minimum atomic E-state index is -0.179. The summed E-state index contributed by atoms with van der Waals surface area (Å²) in [6, 6.07) is 17.2. The molecule has 0 aliphatic heterocycles. The van der Waals surface area contributed by atoms with E-state index >= 15 is 0 Å². The second kappa shape index (κ2) is 4.30. The first-order valence-electron chi connectivity index (χ1n) is 6.03. The van der Waals surface area contributed by atoms with Gasteiger partial charge < -0.3 is 4.57 Å². The van der Waals surface area contributed by atoms with E-state index in [0.29, 0.717) is 6.54 Å². The van der Waals surface area contributed by atoms with Crippen LogP contribution in [-0.4, -0.2) is 4.57 Å². The first-order valence-corrected chi connectivity index (χ1v) is 6.03. The van der Waals surface area contributed by atoms with Crippen LogP contribution < -0.4 is 0 Å². The van der Waals surface area contributed by atoms with E-state index in [4.69, 9.17) is 0 Å². The summed E-state index contributed by atoms with van der Waals surface area (Å²) in [6.45, 7) is 2.79. The maximum Gasteiger partial charge on any atom is 0.123 e. The quantitative estimate of drug-likeness (QED) is 0.633. The molecular weight excluding hydrogens is 225 g/mol. The molecule has 1 nitrogen and oxygen atoms in total. The number of aryl methyl sites for hydroxylation is 1. The van der Waals surface area contributed by atoms with Crippen molar-refractivity contribution in [1.29, 1.82) is 0 Å². The summed E-state index contributed by atoms with van der Waals surface area (Å²) in [5, 5.41) is 1.23. The Labute approximate surface area is 105 Å². The van der Waals surface area contributed by atoms with Crippen molar-refractivity contribution in [3.63, 3.8) is 0 Å². The predicted octanol–water partition coefficient (Wildman–Crippen LogP) is 4.14. The van der Waals surface area contributed by atoms with Gasteiger partial charge >= 0.3 is 0 Å². The van der Waals surface area contributed by atoms with Gasteiger partial charge in [0.2, 0.25) is 0 Å². The second-order valence-electron chi connectivity index (χ2n) is 4.56. The van der Waals surface area contributed by atoms with Crippen molar-refractivity contribution in [1.82, 2.24) is 4.57 Å². The Kier molecular flexibility index (Phi) is 2.63. The molecule has 0 unspecified atom stereocenters. The highest BCUT2D eigenvalue weighted by atomic mass is 19.1. The smallest absolute Gasteiger partial charge is 0.123 e. The number of halogens is 1. The van der Waals surface area contributed by atoms with E-state index in [1.54, 1.807) is 12.1 Å². The van der Waals surface area contributed by atoms with Crippen molar-refractivity contribution in [3.8, 4) is 0 Å². The van der Waals surface area contributed by atoms with Crippen LogP contribution in [0, 0.1) is 12.7 Å². The molecule has 0 atom stereocenters.